The maximum Gasteiger partial charge on any atom is 0.161 e. The molecule has 0 amide bonds. The van der Waals surface area contributed by atoms with Crippen molar-refractivity contribution in [3.63, 3.8) is 0 Å². The first-order valence-corrected chi connectivity index (χ1v) is 5.61. The smallest absolute Gasteiger partial charge is 0.161 e. The van der Waals surface area contributed by atoms with E-state index in [-0.39, 0.29) is 12.4 Å². The zero-order valence-electron chi connectivity index (χ0n) is 10.6. The summed E-state index contributed by atoms with van der Waals surface area (Å²) in [6, 6.07) is 6.24. The van der Waals surface area contributed by atoms with E-state index in [1.54, 1.807) is 14.2 Å². The summed E-state index contributed by atoms with van der Waals surface area (Å²) in [6.45, 7) is 2.22. The lowest BCUT2D eigenvalue weighted by Gasteiger charge is -2.27. The molecular weight excluding hydrogens is 252 g/mol. The van der Waals surface area contributed by atoms with E-state index in [1.165, 1.54) is 11.1 Å². The van der Waals surface area contributed by atoms with Gasteiger partial charge in [0, 0.05) is 13.1 Å². The molecule has 0 aromatic heterocycles. The molecule has 1 aromatic rings. The van der Waals surface area contributed by atoms with Gasteiger partial charge < -0.3 is 9.47 Å². The van der Waals surface area contributed by atoms with Crippen LogP contribution >= 0.6 is 12.4 Å². The van der Waals surface area contributed by atoms with Crippen LogP contribution in [0.15, 0.2) is 12.1 Å². The normalized spacial score (nSPS) is 14.1. The van der Waals surface area contributed by atoms with E-state index in [9.17, 15) is 0 Å². The van der Waals surface area contributed by atoms with Crippen molar-refractivity contribution in [2.75, 3.05) is 27.3 Å². The SMILES string of the molecule is COc1cc2c(cc1OC)CN(CC#N)CC2.Cl. The fraction of sp³-hybridized carbons (Fsp3) is 0.462. The highest BCUT2D eigenvalue weighted by molar-refractivity contribution is 5.85. The van der Waals surface area contributed by atoms with Gasteiger partial charge in [-0.15, -0.1) is 12.4 Å². The molecule has 0 atom stereocenters. The van der Waals surface area contributed by atoms with E-state index < -0.39 is 0 Å². The Hall–Kier alpha value is -1.44. The van der Waals surface area contributed by atoms with Crippen molar-refractivity contribution in [2.24, 2.45) is 0 Å². The number of nitriles is 1. The standard InChI is InChI=1S/C13H16N2O2.ClH/c1-16-12-7-10-3-5-15(6-4-14)9-11(10)8-13(12)17-2;/h7-8H,3,5-6,9H2,1-2H3;1H. The van der Waals surface area contributed by atoms with Crippen LogP contribution in [-0.4, -0.2) is 32.2 Å². The molecule has 0 radical (unpaired) electrons. The van der Waals surface area contributed by atoms with Crippen LogP contribution in [0.2, 0.25) is 0 Å². The molecule has 0 fully saturated rings. The van der Waals surface area contributed by atoms with Crippen LogP contribution < -0.4 is 9.47 Å². The van der Waals surface area contributed by atoms with E-state index in [1.807, 2.05) is 12.1 Å². The van der Waals surface area contributed by atoms with Crippen molar-refractivity contribution in [1.29, 1.82) is 5.26 Å². The third kappa shape index (κ3) is 2.87. The van der Waals surface area contributed by atoms with Crippen LogP contribution in [-0.2, 0) is 13.0 Å². The number of methoxy groups -OCH3 is 2. The van der Waals surface area contributed by atoms with Gasteiger partial charge in [-0.1, -0.05) is 0 Å². The molecule has 4 nitrogen and oxygen atoms in total. The summed E-state index contributed by atoms with van der Waals surface area (Å²) < 4.78 is 10.6. The molecule has 5 heteroatoms. The Morgan fingerprint density at radius 1 is 1.22 bits per heavy atom. The third-order valence-electron chi connectivity index (χ3n) is 3.09. The number of ether oxygens (including phenoxy) is 2. The van der Waals surface area contributed by atoms with E-state index in [0.29, 0.717) is 6.54 Å². The number of hydrogen-bond acceptors (Lipinski definition) is 4. The lowest BCUT2D eigenvalue weighted by atomic mass is 9.99. The van der Waals surface area contributed by atoms with Crippen LogP contribution in [0.25, 0.3) is 0 Å². The lowest BCUT2D eigenvalue weighted by Crippen LogP contribution is -2.30. The van der Waals surface area contributed by atoms with Gasteiger partial charge in [0.25, 0.3) is 0 Å². The summed E-state index contributed by atoms with van der Waals surface area (Å²) in [7, 11) is 3.29. The zero-order chi connectivity index (χ0) is 12.3. The predicted octanol–water partition coefficient (Wildman–Crippen LogP) is 2.01. The van der Waals surface area contributed by atoms with Gasteiger partial charge in [-0.05, 0) is 29.7 Å². The average molecular weight is 269 g/mol. The van der Waals surface area contributed by atoms with Crippen LogP contribution in [0.3, 0.4) is 0 Å². The first-order chi connectivity index (χ1) is 8.28. The number of rotatable bonds is 3. The Morgan fingerprint density at radius 2 is 1.83 bits per heavy atom. The summed E-state index contributed by atoms with van der Waals surface area (Å²) in [4.78, 5) is 2.13. The second kappa shape index (κ2) is 6.48. The van der Waals surface area contributed by atoms with Gasteiger partial charge in [-0.2, -0.15) is 5.26 Å². The molecule has 0 N–H and O–H groups in total. The molecule has 1 aliphatic rings. The van der Waals surface area contributed by atoms with Gasteiger partial charge in [0.05, 0.1) is 26.8 Å². The number of nitrogens with zero attached hydrogens (tertiary/aromatic N) is 2. The van der Waals surface area contributed by atoms with Crippen molar-refractivity contribution in [3.05, 3.63) is 23.3 Å². The van der Waals surface area contributed by atoms with E-state index in [0.717, 1.165) is 31.0 Å². The second-order valence-electron chi connectivity index (χ2n) is 4.09. The highest BCUT2D eigenvalue weighted by Crippen LogP contribution is 2.33. The molecule has 18 heavy (non-hydrogen) atoms. The first-order valence-electron chi connectivity index (χ1n) is 5.61. The zero-order valence-corrected chi connectivity index (χ0v) is 11.4. The maximum atomic E-state index is 8.71. The van der Waals surface area contributed by atoms with E-state index >= 15 is 0 Å². The molecule has 2 rings (SSSR count). The summed E-state index contributed by atoms with van der Waals surface area (Å²) in [5, 5.41) is 8.71. The fourth-order valence-corrected chi connectivity index (χ4v) is 2.18. The minimum Gasteiger partial charge on any atom is -0.493 e. The molecule has 0 spiro atoms. The minimum atomic E-state index is 0. The monoisotopic (exact) mass is 268 g/mol. The quantitative estimate of drug-likeness (QED) is 0.787. The van der Waals surface area contributed by atoms with Gasteiger partial charge in [0.2, 0.25) is 0 Å². The number of halogens is 1. The predicted molar refractivity (Wildman–Crippen MR) is 71.4 cm³/mol. The maximum absolute atomic E-state index is 8.71. The lowest BCUT2D eigenvalue weighted by molar-refractivity contribution is 0.282. The van der Waals surface area contributed by atoms with Gasteiger partial charge in [-0.25, -0.2) is 0 Å². The molecule has 0 saturated heterocycles. The number of hydrogen-bond donors (Lipinski definition) is 0. The minimum absolute atomic E-state index is 0. The highest BCUT2D eigenvalue weighted by Gasteiger charge is 2.18. The summed E-state index contributed by atoms with van der Waals surface area (Å²) in [5.41, 5.74) is 2.51. The van der Waals surface area contributed by atoms with E-state index in [2.05, 4.69) is 11.0 Å². The summed E-state index contributed by atoms with van der Waals surface area (Å²) in [5.74, 6) is 1.53. The van der Waals surface area contributed by atoms with Crippen LogP contribution in [0.4, 0.5) is 0 Å². The molecular formula is C13H17ClN2O2. The molecule has 0 saturated carbocycles. The Bertz CT molecular complexity index is 457. The molecule has 1 aromatic carbocycles. The van der Waals surface area contributed by atoms with Crippen molar-refractivity contribution in [3.8, 4) is 17.6 Å². The molecule has 1 heterocycles. The molecule has 98 valence electrons. The Balaban J connectivity index is 0.00000162. The van der Waals surface area contributed by atoms with Crippen LogP contribution in [0.1, 0.15) is 11.1 Å². The second-order valence-corrected chi connectivity index (χ2v) is 4.09. The molecule has 0 aliphatic carbocycles. The molecule has 0 bridgehead atoms. The average Bonchev–Trinajstić information content (AvgIpc) is 2.37. The molecule has 0 unspecified atom stereocenters. The van der Waals surface area contributed by atoms with Crippen molar-refractivity contribution >= 4 is 12.4 Å². The van der Waals surface area contributed by atoms with Crippen molar-refractivity contribution < 1.29 is 9.47 Å². The first kappa shape index (κ1) is 14.6. The van der Waals surface area contributed by atoms with Crippen molar-refractivity contribution in [2.45, 2.75) is 13.0 Å². The Kier molecular flexibility index (Phi) is 5.26. The summed E-state index contributed by atoms with van der Waals surface area (Å²) >= 11 is 0. The van der Waals surface area contributed by atoms with E-state index in [4.69, 9.17) is 14.7 Å². The topological polar surface area (TPSA) is 45.5 Å². The Labute approximate surface area is 114 Å². The molecule has 1 aliphatic heterocycles. The largest absolute Gasteiger partial charge is 0.493 e. The highest BCUT2D eigenvalue weighted by atomic mass is 35.5. The summed E-state index contributed by atoms with van der Waals surface area (Å²) in [6.07, 6.45) is 0.956. The van der Waals surface area contributed by atoms with Gasteiger partial charge in [0.15, 0.2) is 11.5 Å². The fourth-order valence-electron chi connectivity index (χ4n) is 2.18. The van der Waals surface area contributed by atoms with Crippen LogP contribution in [0, 0.1) is 11.3 Å². The van der Waals surface area contributed by atoms with Crippen LogP contribution in [0.5, 0.6) is 11.5 Å². The van der Waals surface area contributed by atoms with Gasteiger partial charge >= 0.3 is 0 Å². The van der Waals surface area contributed by atoms with Gasteiger partial charge in [-0.3, -0.25) is 4.90 Å². The third-order valence-corrected chi connectivity index (χ3v) is 3.09. The van der Waals surface area contributed by atoms with Gasteiger partial charge in [0.1, 0.15) is 0 Å². The van der Waals surface area contributed by atoms with Crippen molar-refractivity contribution in [1.82, 2.24) is 4.90 Å². The Morgan fingerprint density at radius 3 is 2.39 bits per heavy atom. The number of fused-ring (bicyclic) bond motifs is 1. The number of benzene rings is 1.